The van der Waals surface area contributed by atoms with Gasteiger partial charge in [-0.05, 0) is 6.07 Å². The Labute approximate surface area is 104 Å². The molecule has 0 aliphatic carbocycles. The van der Waals surface area contributed by atoms with Crippen LogP contribution in [0.25, 0.3) is 0 Å². The average molecular weight is 243 g/mol. The monoisotopic (exact) mass is 243 g/mol. The number of H-pyrrole nitrogens is 1. The van der Waals surface area contributed by atoms with Gasteiger partial charge in [-0.25, -0.2) is 4.98 Å². The Balaban J connectivity index is 2.07. The van der Waals surface area contributed by atoms with E-state index in [0.29, 0.717) is 18.1 Å². The number of hydrogen-bond donors (Lipinski definition) is 2. The van der Waals surface area contributed by atoms with Crippen LogP contribution < -0.4 is 16.0 Å². The number of fused-ring (bicyclic) bond motifs is 1. The molecule has 1 atom stereocenters. The Bertz CT molecular complexity index is 636. The van der Waals surface area contributed by atoms with Crippen LogP contribution in [-0.4, -0.2) is 16.6 Å². The third-order valence-corrected chi connectivity index (χ3v) is 3.05. The first-order valence-corrected chi connectivity index (χ1v) is 5.80. The molecule has 0 saturated carbocycles. The average Bonchev–Trinajstić information content (AvgIpc) is 2.81. The van der Waals surface area contributed by atoms with E-state index in [1.807, 2.05) is 24.3 Å². The van der Waals surface area contributed by atoms with Crippen molar-refractivity contribution in [2.45, 2.75) is 12.5 Å². The van der Waals surface area contributed by atoms with Crippen molar-refractivity contribution in [1.82, 2.24) is 9.97 Å². The first-order chi connectivity index (χ1) is 8.78. The lowest BCUT2D eigenvalue weighted by atomic mass is 10.0. The van der Waals surface area contributed by atoms with E-state index in [9.17, 15) is 4.79 Å². The second-order valence-electron chi connectivity index (χ2n) is 4.23. The van der Waals surface area contributed by atoms with Crippen LogP contribution in [0, 0.1) is 0 Å². The molecule has 5 heteroatoms. The molecule has 0 fully saturated rings. The predicted molar refractivity (Wildman–Crippen MR) is 66.5 cm³/mol. The van der Waals surface area contributed by atoms with Gasteiger partial charge in [0, 0.05) is 18.2 Å². The van der Waals surface area contributed by atoms with Crippen LogP contribution in [-0.2, 0) is 6.54 Å². The molecule has 18 heavy (non-hydrogen) atoms. The van der Waals surface area contributed by atoms with Gasteiger partial charge in [0.2, 0.25) is 0 Å². The summed E-state index contributed by atoms with van der Waals surface area (Å²) in [6.07, 6.45) is 0. The number of para-hydroxylation sites is 1. The number of aromatic nitrogens is 2. The molecule has 1 aromatic carbocycles. The van der Waals surface area contributed by atoms with Crippen LogP contribution >= 0.6 is 0 Å². The Hall–Kier alpha value is -2.14. The van der Waals surface area contributed by atoms with Gasteiger partial charge in [-0.3, -0.25) is 4.79 Å². The molecule has 1 aliphatic rings. The molecule has 0 radical (unpaired) electrons. The first kappa shape index (κ1) is 11.0. The number of benzene rings is 1. The van der Waals surface area contributed by atoms with Crippen LogP contribution in [0.15, 0.2) is 35.1 Å². The van der Waals surface area contributed by atoms with Crippen molar-refractivity contribution in [3.05, 3.63) is 57.8 Å². The molecule has 0 bridgehead atoms. The lowest BCUT2D eigenvalue weighted by Gasteiger charge is -2.08. The summed E-state index contributed by atoms with van der Waals surface area (Å²) in [5.74, 6) is 1.44. The van der Waals surface area contributed by atoms with Crippen molar-refractivity contribution in [2.24, 2.45) is 5.73 Å². The molecule has 92 valence electrons. The standard InChI is InChI=1S/C13H13N3O2/c14-6-8-5-12(17)16-13(15-8)10-7-18-11-4-2-1-3-9(10)11/h1-5,10H,6-7,14H2,(H,15,16,17). The van der Waals surface area contributed by atoms with Gasteiger partial charge < -0.3 is 15.5 Å². The van der Waals surface area contributed by atoms with Gasteiger partial charge in [-0.1, -0.05) is 18.2 Å². The number of rotatable bonds is 2. The van der Waals surface area contributed by atoms with E-state index in [2.05, 4.69) is 9.97 Å². The van der Waals surface area contributed by atoms with Crippen molar-refractivity contribution in [2.75, 3.05) is 6.61 Å². The molecule has 5 nitrogen and oxygen atoms in total. The molecule has 1 aromatic heterocycles. The molecule has 0 spiro atoms. The maximum atomic E-state index is 11.5. The Morgan fingerprint density at radius 1 is 1.44 bits per heavy atom. The Kier molecular flexibility index (Phi) is 2.60. The summed E-state index contributed by atoms with van der Waals surface area (Å²) in [4.78, 5) is 18.7. The van der Waals surface area contributed by atoms with E-state index in [1.165, 1.54) is 6.07 Å². The molecular formula is C13H13N3O2. The van der Waals surface area contributed by atoms with E-state index in [-0.39, 0.29) is 18.0 Å². The number of ether oxygens (including phenoxy) is 1. The summed E-state index contributed by atoms with van der Waals surface area (Å²) in [5.41, 5.74) is 7.00. The first-order valence-electron chi connectivity index (χ1n) is 5.80. The topological polar surface area (TPSA) is 81.0 Å². The summed E-state index contributed by atoms with van der Waals surface area (Å²) < 4.78 is 5.59. The molecule has 0 saturated heterocycles. The van der Waals surface area contributed by atoms with Crippen LogP contribution in [0.5, 0.6) is 5.75 Å². The number of nitrogens with zero attached hydrogens (tertiary/aromatic N) is 1. The van der Waals surface area contributed by atoms with Gasteiger partial charge in [0.05, 0.1) is 11.6 Å². The molecule has 3 N–H and O–H groups in total. The third kappa shape index (κ3) is 1.78. The minimum atomic E-state index is -0.176. The van der Waals surface area contributed by atoms with Crippen LogP contribution in [0.2, 0.25) is 0 Å². The highest BCUT2D eigenvalue weighted by molar-refractivity contribution is 5.42. The van der Waals surface area contributed by atoms with Gasteiger partial charge >= 0.3 is 0 Å². The molecule has 1 aliphatic heterocycles. The van der Waals surface area contributed by atoms with Crippen molar-refractivity contribution in [1.29, 1.82) is 0 Å². The lowest BCUT2D eigenvalue weighted by molar-refractivity contribution is 0.339. The Morgan fingerprint density at radius 2 is 2.28 bits per heavy atom. The SMILES string of the molecule is NCc1cc(=O)[nH]c(C2COc3ccccc32)n1. The van der Waals surface area contributed by atoms with Gasteiger partial charge in [0.25, 0.3) is 5.56 Å². The second-order valence-corrected chi connectivity index (χ2v) is 4.23. The summed E-state index contributed by atoms with van der Waals surface area (Å²) in [5, 5.41) is 0. The van der Waals surface area contributed by atoms with Gasteiger partial charge in [0.1, 0.15) is 18.2 Å². The quantitative estimate of drug-likeness (QED) is 0.815. The van der Waals surface area contributed by atoms with E-state index in [1.54, 1.807) is 0 Å². The van der Waals surface area contributed by atoms with Crippen molar-refractivity contribution >= 4 is 0 Å². The van der Waals surface area contributed by atoms with Crippen molar-refractivity contribution in [3.63, 3.8) is 0 Å². The number of nitrogens with two attached hydrogens (primary N) is 1. The van der Waals surface area contributed by atoms with Crippen molar-refractivity contribution < 1.29 is 4.74 Å². The number of hydrogen-bond acceptors (Lipinski definition) is 4. The zero-order valence-corrected chi connectivity index (χ0v) is 9.72. The van der Waals surface area contributed by atoms with Gasteiger partial charge in [-0.2, -0.15) is 0 Å². The maximum absolute atomic E-state index is 11.5. The summed E-state index contributed by atoms with van der Waals surface area (Å²) in [6.45, 7) is 0.752. The minimum Gasteiger partial charge on any atom is -0.492 e. The molecule has 2 heterocycles. The summed E-state index contributed by atoms with van der Waals surface area (Å²) >= 11 is 0. The summed E-state index contributed by atoms with van der Waals surface area (Å²) in [7, 11) is 0. The highest BCUT2D eigenvalue weighted by atomic mass is 16.5. The van der Waals surface area contributed by atoms with Crippen LogP contribution in [0.3, 0.4) is 0 Å². The Morgan fingerprint density at radius 3 is 3.11 bits per heavy atom. The van der Waals surface area contributed by atoms with E-state index in [0.717, 1.165) is 11.3 Å². The van der Waals surface area contributed by atoms with E-state index >= 15 is 0 Å². The zero-order chi connectivity index (χ0) is 12.5. The predicted octanol–water partition coefficient (Wildman–Crippen LogP) is 0.753. The van der Waals surface area contributed by atoms with Crippen LogP contribution in [0.4, 0.5) is 0 Å². The lowest BCUT2D eigenvalue weighted by Crippen LogP contribution is -2.18. The maximum Gasteiger partial charge on any atom is 0.251 e. The molecular weight excluding hydrogens is 230 g/mol. The zero-order valence-electron chi connectivity index (χ0n) is 9.72. The largest absolute Gasteiger partial charge is 0.492 e. The van der Waals surface area contributed by atoms with Crippen molar-refractivity contribution in [3.8, 4) is 5.75 Å². The fourth-order valence-electron chi connectivity index (χ4n) is 2.19. The highest BCUT2D eigenvalue weighted by Crippen LogP contribution is 2.35. The highest BCUT2D eigenvalue weighted by Gasteiger charge is 2.27. The third-order valence-electron chi connectivity index (χ3n) is 3.05. The smallest absolute Gasteiger partial charge is 0.251 e. The molecule has 1 unspecified atom stereocenters. The normalized spacial score (nSPS) is 17.3. The second kappa shape index (κ2) is 4.27. The van der Waals surface area contributed by atoms with Gasteiger partial charge in [-0.15, -0.1) is 0 Å². The van der Waals surface area contributed by atoms with E-state index in [4.69, 9.17) is 10.5 Å². The minimum absolute atomic E-state index is 0.0274. The number of nitrogens with one attached hydrogen (secondary N) is 1. The van der Waals surface area contributed by atoms with Crippen LogP contribution in [0.1, 0.15) is 23.0 Å². The molecule has 2 aromatic rings. The van der Waals surface area contributed by atoms with E-state index < -0.39 is 0 Å². The molecule has 3 rings (SSSR count). The number of aromatic amines is 1. The summed E-state index contributed by atoms with van der Waals surface area (Å²) in [6, 6.07) is 9.20. The molecule has 0 amide bonds. The fourth-order valence-corrected chi connectivity index (χ4v) is 2.19. The van der Waals surface area contributed by atoms with Gasteiger partial charge in [0.15, 0.2) is 0 Å². The fraction of sp³-hybridized carbons (Fsp3) is 0.231.